The molecule has 0 spiro atoms. The highest BCUT2D eigenvalue weighted by Gasteiger charge is 2.31. The van der Waals surface area contributed by atoms with Gasteiger partial charge in [0, 0.05) is 12.8 Å². The van der Waals surface area contributed by atoms with E-state index >= 15 is 0 Å². The van der Waals surface area contributed by atoms with Crippen LogP contribution in [0, 0.1) is 5.92 Å². The number of hydrazone groups is 1. The maximum atomic E-state index is 11.4. The van der Waals surface area contributed by atoms with Crippen LogP contribution in [0.5, 0.6) is 0 Å². The van der Waals surface area contributed by atoms with Gasteiger partial charge in [-0.1, -0.05) is 24.3 Å². The van der Waals surface area contributed by atoms with Crippen LogP contribution >= 0.6 is 0 Å². The molecule has 1 saturated carbocycles. The fourth-order valence-corrected chi connectivity index (χ4v) is 2.07. The van der Waals surface area contributed by atoms with Crippen LogP contribution in [0.25, 0.3) is 0 Å². The van der Waals surface area contributed by atoms with Gasteiger partial charge in [0.05, 0.1) is 11.6 Å². The third-order valence-electron chi connectivity index (χ3n) is 3.48. The lowest BCUT2D eigenvalue weighted by Gasteiger charge is -2.12. The van der Waals surface area contributed by atoms with Crippen LogP contribution in [0.3, 0.4) is 0 Å². The van der Waals surface area contributed by atoms with E-state index in [1.54, 1.807) is 0 Å². The van der Waals surface area contributed by atoms with Gasteiger partial charge in [0.1, 0.15) is 6.61 Å². The van der Waals surface area contributed by atoms with Crippen LogP contribution in [0.2, 0.25) is 0 Å². The average Bonchev–Trinajstić information content (AvgIpc) is 3.31. The van der Waals surface area contributed by atoms with E-state index in [-0.39, 0.29) is 17.8 Å². The van der Waals surface area contributed by atoms with Crippen molar-refractivity contribution >= 4 is 17.6 Å². The lowest BCUT2D eigenvalue weighted by Crippen LogP contribution is -2.25. The van der Waals surface area contributed by atoms with Crippen molar-refractivity contribution in [1.82, 2.24) is 5.43 Å². The molecule has 5 heteroatoms. The summed E-state index contributed by atoms with van der Waals surface area (Å²) < 4.78 is 5.23. The zero-order valence-electron chi connectivity index (χ0n) is 11.1. The van der Waals surface area contributed by atoms with E-state index in [1.807, 2.05) is 24.3 Å². The molecule has 1 aliphatic heterocycles. The molecule has 5 nitrogen and oxygen atoms in total. The van der Waals surface area contributed by atoms with E-state index in [1.165, 1.54) is 0 Å². The Kier molecular flexibility index (Phi) is 3.50. The second-order valence-electron chi connectivity index (χ2n) is 5.17. The molecule has 2 aliphatic rings. The Morgan fingerprint density at radius 3 is 2.60 bits per heavy atom. The molecule has 0 radical (unpaired) electrons. The van der Waals surface area contributed by atoms with E-state index in [4.69, 9.17) is 4.74 Å². The second kappa shape index (κ2) is 5.45. The number of benzene rings is 1. The van der Waals surface area contributed by atoms with Gasteiger partial charge in [-0.25, -0.2) is 5.43 Å². The molecule has 0 saturated heterocycles. The Morgan fingerprint density at radius 2 is 2.00 bits per heavy atom. The highest BCUT2D eigenvalue weighted by atomic mass is 16.5. The highest BCUT2D eigenvalue weighted by molar-refractivity contribution is 6.04. The number of carbonyl (C=O) groups excluding carboxylic acids is 2. The van der Waals surface area contributed by atoms with Gasteiger partial charge < -0.3 is 4.74 Å². The summed E-state index contributed by atoms with van der Waals surface area (Å²) in [5.74, 6) is 0.000261. The number of ether oxygens (including phenoxy) is 1. The monoisotopic (exact) mass is 272 g/mol. The van der Waals surface area contributed by atoms with Crippen LogP contribution in [-0.2, 0) is 20.9 Å². The summed E-state index contributed by atoms with van der Waals surface area (Å²) in [6.07, 6.45) is 3.05. The predicted octanol–water partition coefficient (Wildman–Crippen LogP) is 1.75. The molecule has 20 heavy (non-hydrogen) atoms. The topological polar surface area (TPSA) is 67.8 Å². The molecule has 1 N–H and O–H groups in total. The van der Waals surface area contributed by atoms with Crippen LogP contribution in [0.1, 0.15) is 36.8 Å². The molecule has 0 bridgehead atoms. The second-order valence-corrected chi connectivity index (χ2v) is 5.17. The molecule has 1 aromatic rings. The van der Waals surface area contributed by atoms with Crippen molar-refractivity contribution in [3.63, 3.8) is 0 Å². The molecular formula is C15H16N2O3. The molecular weight excluding hydrogens is 256 g/mol. The molecule has 104 valence electrons. The average molecular weight is 272 g/mol. The standard InChI is InChI=1S/C15H16N2O3/c18-14-8-7-13(16-17-14)11-3-1-10(2-4-11)9-20-15(19)12-5-6-12/h1-4,12H,5-9H2,(H,17,18). The van der Waals surface area contributed by atoms with E-state index in [0.717, 1.165) is 29.7 Å². The number of esters is 1. The lowest BCUT2D eigenvalue weighted by molar-refractivity contribution is -0.146. The number of rotatable bonds is 4. The van der Waals surface area contributed by atoms with Crippen molar-refractivity contribution in [2.75, 3.05) is 0 Å². The summed E-state index contributed by atoms with van der Waals surface area (Å²) in [4.78, 5) is 22.5. The lowest BCUT2D eigenvalue weighted by atomic mass is 10.0. The molecule has 0 atom stereocenters. The third kappa shape index (κ3) is 3.04. The van der Waals surface area contributed by atoms with E-state index in [9.17, 15) is 9.59 Å². The molecule has 1 amide bonds. The van der Waals surface area contributed by atoms with Crippen molar-refractivity contribution in [3.05, 3.63) is 35.4 Å². The van der Waals surface area contributed by atoms with Gasteiger partial charge >= 0.3 is 5.97 Å². The molecule has 1 aromatic carbocycles. The van der Waals surface area contributed by atoms with Crippen LogP contribution < -0.4 is 5.43 Å². The maximum absolute atomic E-state index is 11.4. The zero-order valence-corrected chi connectivity index (χ0v) is 11.1. The number of nitrogens with one attached hydrogen (secondary N) is 1. The van der Waals surface area contributed by atoms with Gasteiger partial charge in [-0.2, -0.15) is 5.10 Å². The van der Waals surface area contributed by atoms with Gasteiger partial charge in [-0.15, -0.1) is 0 Å². The Morgan fingerprint density at radius 1 is 1.25 bits per heavy atom. The molecule has 1 aliphatic carbocycles. The van der Waals surface area contributed by atoms with Crippen LogP contribution in [0.4, 0.5) is 0 Å². The maximum Gasteiger partial charge on any atom is 0.309 e. The van der Waals surface area contributed by atoms with Crippen molar-refractivity contribution in [2.24, 2.45) is 11.0 Å². The van der Waals surface area contributed by atoms with Crippen molar-refractivity contribution < 1.29 is 14.3 Å². The minimum absolute atomic E-state index is 0.0441. The number of amides is 1. The van der Waals surface area contributed by atoms with Gasteiger partial charge in [0.2, 0.25) is 5.91 Å². The number of nitrogens with zero attached hydrogens (tertiary/aromatic N) is 1. The fraction of sp³-hybridized carbons (Fsp3) is 0.400. The zero-order chi connectivity index (χ0) is 13.9. The number of hydrogen-bond acceptors (Lipinski definition) is 4. The number of hydrogen-bond donors (Lipinski definition) is 1. The normalized spacial score (nSPS) is 18.2. The van der Waals surface area contributed by atoms with Gasteiger partial charge in [-0.05, 0) is 24.0 Å². The molecule has 0 unspecified atom stereocenters. The first-order chi connectivity index (χ1) is 9.72. The first-order valence-electron chi connectivity index (χ1n) is 6.84. The Balaban J connectivity index is 1.59. The fourth-order valence-electron chi connectivity index (χ4n) is 2.07. The summed E-state index contributed by atoms with van der Waals surface area (Å²) >= 11 is 0. The minimum Gasteiger partial charge on any atom is -0.461 e. The largest absolute Gasteiger partial charge is 0.461 e. The Bertz CT molecular complexity index is 559. The third-order valence-corrected chi connectivity index (χ3v) is 3.48. The highest BCUT2D eigenvalue weighted by Crippen LogP contribution is 2.30. The first kappa shape index (κ1) is 12.8. The van der Waals surface area contributed by atoms with Gasteiger partial charge in [0.25, 0.3) is 0 Å². The SMILES string of the molecule is O=C1CCC(c2ccc(COC(=O)C3CC3)cc2)=NN1. The number of carbonyl (C=O) groups is 2. The quantitative estimate of drug-likeness (QED) is 0.849. The smallest absolute Gasteiger partial charge is 0.309 e. The Labute approximate surface area is 117 Å². The Hall–Kier alpha value is -2.17. The van der Waals surface area contributed by atoms with E-state index in [0.29, 0.717) is 19.4 Å². The molecule has 1 heterocycles. The summed E-state index contributed by atoms with van der Waals surface area (Å²) in [5.41, 5.74) is 5.31. The predicted molar refractivity (Wildman–Crippen MR) is 72.9 cm³/mol. The van der Waals surface area contributed by atoms with Crippen molar-refractivity contribution in [3.8, 4) is 0 Å². The van der Waals surface area contributed by atoms with Crippen LogP contribution in [-0.4, -0.2) is 17.6 Å². The summed E-state index contributed by atoms with van der Waals surface area (Å²) in [6, 6.07) is 7.73. The molecule has 0 aromatic heterocycles. The van der Waals surface area contributed by atoms with E-state index in [2.05, 4.69) is 10.5 Å². The van der Waals surface area contributed by atoms with Crippen molar-refractivity contribution in [2.45, 2.75) is 32.3 Å². The summed E-state index contributed by atoms with van der Waals surface area (Å²) in [5, 5.41) is 4.05. The van der Waals surface area contributed by atoms with Crippen molar-refractivity contribution in [1.29, 1.82) is 0 Å². The summed E-state index contributed by atoms with van der Waals surface area (Å²) in [6.45, 7) is 0.318. The molecule has 1 fully saturated rings. The summed E-state index contributed by atoms with van der Waals surface area (Å²) in [7, 11) is 0. The van der Waals surface area contributed by atoms with Gasteiger partial charge in [-0.3, -0.25) is 9.59 Å². The van der Waals surface area contributed by atoms with Crippen LogP contribution in [0.15, 0.2) is 29.4 Å². The minimum atomic E-state index is -0.0894. The molecule has 3 rings (SSSR count). The van der Waals surface area contributed by atoms with E-state index < -0.39 is 0 Å². The first-order valence-corrected chi connectivity index (χ1v) is 6.84. The van der Waals surface area contributed by atoms with Gasteiger partial charge in [0.15, 0.2) is 0 Å².